The number of rotatable bonds is 5. The maximum atomic E-state index is 13.0. The Hall–Kier alpha value is -2.57. The number of benzene rings is 1. The van der Waals surface area contributed by atoms with Gasteiger partial charge in [-0.15, -0.1) is 0 Å². The first kappa shape index (κ1) is 19.2. The number of carbonyl (C=O) groups is 3. The van der Waals surface area contributed by atoms with E-state index in [1.807, 2.05) is 31.2 Å². The number of para-hydroxylation sites is 1. The van der Waals surface area contributed by atoms with Gasteiger partial charge in [-0.2, -0.15) is 0 Å². The zero-order valence-electron chi connectivity index (χ0n) is 16.2. The van der Waals surface area contributed by atoms with Gasteiger partial charge in [-0.3, -0.25) is 14.5 Å². The third-order valence-electron chi connectivity index (χ3n) is 5.82. The molecule has 1 N–H and O–H groups in total. The second-order valence-corrected chi connectivity index (χ2v) is 7.50. The van der Waals surface area contributed by atoms with Crippen LogP contribution in [0.15, 0.2) is 24.3 Å². The minimum absolute atomic E-state index is 0.0779. The molecule has 1 heterocycles. The molecule has 2 fully saturated rings. The van der Waals surface area contributed by atoms with Crippen molar-refractivity contribution in [3.05, 3.63) is 29.8 Å². The van der Waals surface area contributed by atoms with Gasteiger partial charge in [0, 0.05) is 19.2 Å². The normalized spacial score (nSPS) is 24.9. The predicted molar refractivity (Wildman–Crippen MR) is 100 cm³/mol. The average molecular weight is 373 g/mol. The third kappa shape index (κ3) is 3.50. The van der Waals surface area contributed by atoms with Crippen molar-refractivity contribution in [1.29, 1.82) is 0 Å². The minimum Gasteiger partial charge on any atom is -0.496 e. The molecule has 1 aromatic carbocycles. The number of amides is 4. The van der Waals surface area contributed by atoms with Crippen molar-refractivity contribution in [1.82, 2.24) is 15.1 Å². The number of carbonyl (C=O) groups excluding carboxylic acids is 3. The molecule has 7 nitrogen and oxygen atoms in total. The van der Waals surface area contributed by atoms with Gasteiger partial charge in [-0.05, 0) is 24.8 Å². The zero-order chi connectivity index (χ0) is 19.6. The van der Waals surface area contributed by atoms with Crippen molar-refractivity contribution in [3.8, 4) is 5.75 Å². The van der Waals surface area contributed by atoms with Crippen LogP contribution in [0.3, 0.4) is 0 Å². The van der Waals surface area contributed by atoms with Crippen molar-refractivity contribution in [3.63, 3.8) is 0 Å². The van der Waals surface area contributed by atoms with Crippen LogP contribution in [0.25, 0.3) is 0 Å². The highest BCUT2D eigenvalue weighted by molar-refractivity contribution is 6.09. The van der Waals surface area contributed by atoms with Crippen LogP contribution in [0.5, 0.6) is 5.75 Å². The van der Waals surface area contributed by atoms with Gasteiger partial charge < -0.3 is 15.0 Å². The monoisotopic (exact) mass is 373 g/mol. The summed E-state index contributed by atoms with van der Waals surface area (Å²) in [7, 11) is 3.24. The fraction of sp³-hybridized carbons (Fsp3) is 0.550. The molecular weight excluding hydrogens is 346 g/mol. The fourth-order valence-electron chi connectivity index (χ4n) is 4.07. The molecule has 1 aliphatic carbocycles. The maximum absolute atomic E-state index is 13.0. The van der Waals surface area contributed by atoms with Gasteiger partial charge in [0.1, 0.15) is 17.8 Å². The van der Waals surface area contributed by atoms with Crippen molar-refractivity contribution < 1.29 is 19.1 Å². The lowest BCUT2D eigenvalue weighted by atomic mass is 9.73. The SMILES string of the molecule is COc1ccccc1CN(C)C(=O)CN1C(=O)N[C@@]2(CCCC[C@@H]2C)C1=O. The Morgan fingerprint density at radius 2 is 2.07 bits per heavy atom. The van der Waals surface area contributed by atoms with E-state index < -0.39 is 11.6 Å². The molecule has 0 unspecified atom stereocenters. The highest BCUT2D eigenvalue weighted by Gasteiger charge is 2.55. The van der Waals surface area contributed by atoms with E-state index in [1.165, 1.54) is 4.90 Å². The summed E-state index contributed by atoms with van der Waals surface area (Å²) in [6.07, 6.45) is 3.51. The average Bonchev–Trinajstić information content (AvgIpc) is 2.89. The molecule has 1 saturated carbocycles. The third-order valence-corrected chi connectivity index (χ3v) is 5.82. The molecule has 2 atom stereocenters. The molecule has 1 aliphatic heterocycles. The molecule has 1 spiro atoms. The van der Waals surface area contributed by atoms with Gasteiger partial charge in [-0.1, -0.05) is 38.0 Å². The Bertz CT molecular complexity index is 750. The lowest BCUT2D eigenvalue weighted by molar-refractivity contribution is -0.140. The van der Waals surface area contributed by atoms with E-state index in [0.29, 0.717) is 18.7 Å². The van der Waals surface area contributed by atoms with Crippen molar-refractivity contribution in [2.75, 3.05) is 20.7 Å². The standard InChI is InChI=1S/C20H27N3O4/c1-14-8-6-7-11-20(14)18(25)23(19(26)21-20)13-17(24)22(2)12-15-9-4-5-10-16(15)27-3/h4-5,9-10,14H,6-8,11-13H2,1-3H3,(H,21,26)/t14-,20+/m0/s1. The first-order valence-electron chi connectivity index (χ1n) is 9.39. The molecule has 2 aliphatic rings. The van der Waals surface area contributed by atoms with Crippen LogP contribution in [-0.2, 0) is 16.1 Å². The van der Waals surface area contributed by atoms with Crippen LogP contribution < -0.4 is 10.1 Å². The van der Waals surface area contributed by atoms with Gasteiger partial charge in [0.05, 0.1) is 7.11 Å². The summed E-state index contributed by atoms with van der Waals surface area (Å²) >= 11 is 0. The first-order valence-corrected chi connectivity index (χ1v) is 9.39. The summed E-state index contributed by atoms with van der Waals surface area (Å²) in [6, 6.07) is 6.99. The highest BCUT2D eigenvalue weighted by atomic mass is 16.5. The first-order chi connectivity index (χ1) is 12.9. The summed E-state index contributed by atoms with van der Waals surface area (Å²) in [5.41, 5.74) is 0.0297. The molecule has 3 rings (SSSR count). The van der Waals surface area contributed by atoms with Crippen LogP contribution >= 0.6 is 0 Å². The summed E-state index contributed by atoms with van der Waals surface area (Å²) in [4.78, 5) is 40.6. The van der Waals surface area contributed by atoms with Crippen molar-refractivity contribution in [2.24, 2.45) is 5.92 Å². The maximum Gasteiger partial charge on any atom is 0.325 e. The summed E-state index contributed by atoms with van der Waals surface area (Å²) in [5, 5.41) is 2.88. The minimum atomic E-state index is -0.836. The van der Waals surface area contributed by atoms with Crippen LogP contribution in [0, 0.1) is 5.92 Å². The molecule has 7 heteroatoms. The van der Waals surface area contributed by atoms with Gasteiger partial charge >= 0.3 is 6.03 Å². The van der Waals surface area contributed by atoms with E-state index in [1.54, 1.807) is 14.2 Å². The topological polar surface area (TPSA) is 79.0 Å². The molecule has 1 saturated heterocycles. The summed E-state index contributed by atoms with van der Waals surface area (Å²) in [6.45, 7) is 2.09. The van der Waals surface area contributed by atoms with Gasteiger partial charge in [-0.25, -0.2) is 4.79 Å². The van der Waals surface area contributed by atoms with Crippen LogP contribution in [0.1, 0.15) is 38.2 Å². The smallest absolute Gasteiger partial charge is 0.325 e. The Labute approximate surface area is 159 Å². The Kier molecular flexibility index (Phi) is 5.39. The van der Waals surface area contributed by atoms with Gasteiger partial charge in [0.2, 0.25) is 5.91 Å². The number of imide groups is 1. The van der Waals surface area contributed by atoms with E-state index in [-0.39, 0.29) is 24.3 Å². The number of methoxy groups -OCH3 is 1. The number of nitrogens with zero attached hydrogens (tertiary/aromatic N) is 2. The number of urea groups is 1. The lowest BCUT2D eigenvalue weighted by Gasteiger charge is -2.36. The summed E-state index contributed by atoms with van der Waals surface area (Å²) in [5.74, 6) is 0.222. The largest absolute Gasteiger partial charge is 0.496 e. The Balaban J connectivity index is 1.68. The molecule has 27 heavy (non-hydrogen) atoms. The van der Waals surface area contributed by atoms with Gasteiger partial charge in [0.25, 0.3) is 5.91 Å². The fourth-order valence-corrected chi connectivity index (χ4v) is 4.07. The van der Waals surface area contributed by atoms with E-state index in [9.17, 15) is 14.4 Å². The summed E-state index contributed by atoms with van der Waals surface area (Å²) < 4.78 is 5.31. The molecule has 1 aromatic rings. The number of ether oxygens (including phenoxy) is 1. The van der Waals surface area contributed by atoms with E-state index in [2.05, 4.69) is 5.32 Å². The number of hydrogen-bond acceptors (Lipinski definition) is 4. The second kappa shape index (κ2) is 7.58. The van der Waals surface area contributed by atoms with Crippen LogP contribution in [0.2, 0.25) is 0 Å². The second-order valence-electron chi connectivity index (χ2n) is 7.50. The molecule has 0 bridgehead atoms. The van der Waals surface area contributed by atoms with E-state index in [0.717, 1.165) is 29.7 Å². The lowest BCUT2D eigenvalue weighted by Crippen LogP contribution is -2.54. The molecular formula is C20H27N3O4. The number of likely N-dealkylation sites (N-methyl/N-ethyl adjacent to an activating group) is 1. The predicted octanol–water partition coefficient (Wildman–Crippen LogP) is 2.15. The number of hydrogen-bond donors (Lipinski definition) is 1. The van der Waals surface area contributed by atoms with Crippen LogP contribution in [-0.4, -0.2) is 53.9 Å². The molecule has 146 valence electrons. The van der Waals surface area contributed by atoms with Crippen molar-refractivity contribution in [2.45, 2.75) is 44.7 Å². The number of nitrogens with one attached hydrogen (secondary N) is 1. The molecule has 0 radical (unpaired) electrons. The molecule has 4 amide bonds. The van der Waals surface area contributed by atoms with E-state index in [4.69, 9.17) is 4.74 Å². The quantitative estimate of drug-likeness (QED) is 0.802. The van der Waals surface area contributed by atoms with Crippen LogP contribution in [0.4, 0.5) is 4.79 Å². The Morgan fingerprint density at radius 1 is 1.33 bits per heavy atom. The van der Waals surface area contributed by atoms with Gasteiger partial charge in [0.15, 0.2) is 0 Å². The zero-order valence-corrected chi connectivity index (χ0v) is 16.2. The molecule has 0 aromatic heterocycles. The Morgan fingerprint density at radius 3 is 2.78 bits per heavy atom. The van der Waals surface area contributed by atoms with Crippen molar-refractivity contribution >= 4 is 17.8 Å². The van der Waals surface area contributed by atoms with E-state index >= 15 is 0 Å². The highest BCUT2D eigenvalue weighted by Crippen LogP contribution is 2.38.